The molecular weight excluding hydrogens is 242 g/mol. The van der Waals surface area contributed by atoms with E-state index in [4.69, 9.17) is 4.42 Å². The molecule has 0 fully saturated rings. The summed E-state index contributed by atoms with van der Waals surface area (Å²) < 4.78 is 4.98. The summed E-state index contributed by atoms with van der Waals surface area (Å²) in [6.45, 7) is 1.57. The molecule has 1 aliphatic heterocycles. The van der Waals surface area contributed by atoms with Gasteiger partial charge in [-0.05, 0) is 12.1 Å². The number of halogens is 1. The zero-order valence-corrected chi connectivity index (χ0v) is 9.98. The Kier molecular flexibility index (Phi) is 5.45. The highest BCUT2D eigenvalue weighted by Gasteiger charge is 2.08. The van der Waals surface area contributed by atoms with E-state index >= 15 is 0 Å². The molecule has 5 nitrogen and oxygen atoms in total. The van der Waals surface area contributed by atoms with Gasteiger partial charge in [0.15, 0.2) is 12.1 Å². The molecule has 2 heterocycles. The van der Waals surface area contributed by atoms with Crippen molar-refractivity contribution in [2.24, 2.45) is 4.99 Å². The van der Waals surface area contributed by atoms with Crippen molar-refractivity contribution in [2.45, 2.75) is 6.42 Å². The number of furan rings is 1. The van der Waals surface area contributed by atoms with Crippen LogP contribution in [0.25, 0.3) is 0 Å². The Balaban J connectivity index is 0.00000144. The van der Waals surface area contributed by atoms with Crippen molar-refractivity contribution in [1.82, 2.24) is 5.32 Å². The van der Waals surface area contributed by atoms with Crippen LogP contribution in [0.3, 0.4) is 0 Å². The van der Waals surface area contributed by atoms with Crippen molar-refractivity contribution >= 4 is 12.2 Å². The summed E-state index contributed by atoms with van der Waals surface area (Å²) in [4.78, 5) is 16.6. The van der Waals surface area contributed by atoms with Crippen molar-refractivity contribution < 1.29 is 26.5 Å². The van der Waals surface area contributed by atoms with Gasteiger partial charge in [-0.25, -0.2) is 4.99 Å². The van der Waals surface area contributed by atoms with Gasteiger partial charge in [0.25, 0.3) is 5.91 Å². The Bertz CT molecular complexity index is 389. The second-order valence-corrected chi connectivity index (χ2v) is 3.51. The number of nitrogens with one attached hydrogen (secondary N) is 2. The monoisotopic (exact) mass is 255 g/mol. The SMILES string of the molecule is O=C(NCCC[NH+]1C=CN=C1)c1ccco1.[Cl-]. The third kappa shape index (κ3) is 4.05. The van der Waals surface area contributed by atoms with Crippen LogP contribution in [-0.2, 0) is 0 Å². The molecule has 1 unspecified atom stereocenters. The maximum Gasteiger partial charge on any atom is 0.286 e. The van der Waals surface area contributed by atoms with Gasteiger partial charge in [-0.3, -0.25) is 9.69 Å². The molecule has 1 amide bonds. The molecule has 1 atom stereocenters. The molecular formula is C11H14ClN3O2. The maximum atomic E-state index is 11.4. The first-order chi connectivity index (χ1) is 7.86. The molecule has 0 aliphatic carbocycles. The minimum atomic E-state index is -0.161. The largest absolute Gasteiger partial charge is 1.00 e. The Morgan fingerprint density at radius 1 is 1.53 bits per heavy atom. The summed E-state index contributed by atoms with van der Waals surface area (Å²) in [5.41, 5.74) is 0. The third-order valence-electron chi connectivity index (χ3n) is 2.29. The van der Waals surface area contributed by atoms with Gasteiger partial charge in [-0.15, -0.1) is 0 Å². The lowest BCUT2D eigenvalue weighted by atomic mass is 10.3. The van der Waals surface area contributed by atoms with E-state index in [0.29, 0.717) is 12.3 Å². The number of amides is 1. The lowest BCUT2D eigenvalue weighted by Gasteiger charge is -2.05. The Labute approximate surface area is 106 Å². The van der Waals surface area contributed by atoms with Crippen LogP contribution in [0.15, 0.2) is 40.2 Å². The first-order valence-electron chi connectivity index (χ1n) is 5.23. The molecule has 2 N–H and O–H groups in total. The van der Waals surface area contributed by atoms with E-state index in [1.54, 1.807) is 18.3 Å². The maximum absolute atomic E-state index is 11.4. The molecule has 92 valence electrons. The predicted octanol–water partition coefficient (Wildman–Crippen LogP) is -3.20. The average Bonchev–Trinajstić information content (AvgIpc) is 2.96. The predicted molar refractivity (Wildman–Crippen MR) is 59.1 cm³/mol. The zero-order valence-electron chi connectivity index (χ0n) is 9.23. The van der Waals surface area contributed by atoms with Crippen LogP contribution in [0.5, 0.6) is 0 Å². The van der Waals surface area contributed by atoms with Gasteiger partial charge in [-0.2, -0.15) is 0 Å². The number of hydrogen-bond acceptors (Lipinski definition) is 3. The summed E-state index contributed by atoms with van der Waals surface area (Å²) in [6, 6.07) is 3.35. The molecule has 0 spiro atoms. The smallest absolute Gasteiger partial charge is 0.286 e. The molecule has 0 radical (unpaired) electrons. The first-order valence-corrected chi connectivity index (χ1v) is 5.23. The van der Waals surface area contributed by atoms with Crippen molar-refractivity contribution in [1.29, 1.82) is 0 Å². The number of rotatable bonds is 5. The molecule has 1 aromatic heterocycles. The van der Waals surface area contributed by atoms with Gasteiger partial charge in [0, 0.05) is 13.0 Å². The van der Waals surface area contributed by atoms with Gasteiger partial charge in [0.2, 0.25) is 0 Å². The highest BCUT2D eigenvalue weighted by atomic mass is 35.5. The fourth-order valence-electron chi connectivity index (χ4n) is 1.46. The highest BCUT2D eigenvalue weighted by Crippen LogP contribution is 1.98. The summed E-state index contributed by atoms with van der Waals surface area (Å²) in [7, 11) is 0. The Morgan fingerprint density at radius 3 is 3.06 bits per heavy atom. The van der Waals surface area contributed by atoms with Crippen LogP contribution in [0.4, 0.5) is 0 Å². The summed E-state index contributed by atoms with van der Waals surface area (Å²) in [5, 5.41) is 2.79. The number of aliphatic imine (C=N–C) groups is 1. The normalized spacial score (nSPS) is 16.8. The zero-order chi connectivity index (χ0) is 11.2. The van der Waals surface area contributed by atoms with E-state index in [1.165, 1.54) is 11.2 Å². The van der Waals surface area contributed by atoms with Crippen LogP contribution in [0, 0.1) is 0 Å². The summed E-state index contributed by atoms with van der Waals surface area (Å²) in [5.74, 6) is 0.195. The summed E-state index contributed by atoms with van der Waals surface area (Å²) >= 11 is 0. The fourth-order valence-corrected chi connectivity index (χ4v) is 1.46. The van der Waals surface area contributed by atoms with Gasteiger partial charge < -0.3 is 22.1 Å². The second kappa shape index (κ2) is 6.88. The molecule has 17 heavy (non-hydrogen) atoms. The number of nitrogens with zero attached hydrogens (tertiary/aromatic N) is 1. The van der Waals surface area contributed by atoms with Gasteiger partial charge in [0.1, 0.15) is 6.20 Å². The Morgan fingerprint density at radius 2 is 2.41 bits per heavy atom. The topological polar surface area (TPSA) is 59.0 Å². The molecule has 0 bridgehead atoms. The van der Waals surface area contributed by atoms with Crippen LogP contribution >= 0.6 is 0 Å². The number of hydrogen-bond donors (Lipinski definition) is 2. The van der Waals surface area contributed by atoms with Gasteiger partial charge in [-0.1, -0.05) is 0 Å². The minimum absolute atomic E-state index is 0. The lowest BCUT2D eigenvalue weighted by Crippen LogP contribution is -3.05. The molecule has 1 aromatic rings. The van der Waals surface area contributed by atoms with E-state index in [-0.39, 0.29) is 18.3 Å². The van der Waals surface area contributed by atoms with Crippen LogP contribution in [0.1, 0.15) is 17.0 Å². The van der Waals surface area contributed by atoms with E-state index < -0.39 is 0 Å². The molecule has 0 aromatic carbocycles. The first kappa shape index (κ1) is 13.5. The van der Waals surface area contributed by atoms with E-state index in [1.807, 2.05) is 12.5 Å². The third-order valence-corrected chi connectivity index (χ3v) is 2.29. The standard InChI is InChI=1S/C11H13N3O2.ClH/c15-11(10-3-1-8-16-10)13-4-2-6-14-7-5-12-9-14;/h1,3,5,7-9H,2,4,6H2,(H,13,15);1H. The van der Waals surface area contributed by atoms with Gasteiger partial charge >= 0.3 is 0 Å². The highest BCUT2D eigenvalue weighted by molar-refractivity contribution is 5.91. The fraction of sp³-hybridized carbons (Fsp3) is 0.273. The molecule has 0 saturated carbocycles. The quantitative estimate of drug-likeness (QED) is 0.545. The van der Waals surface area contributed by atoms with Crippen molar-refractivity contribution in [3.05, 3.63) is 36.6 Å². The number of carbonyl (C=O) groups excluding carboxylic acids is 1. The van der Waals surface area contributed by atoms with Crippen LogP contribution in [-0.4, -0.2) is 25.3 Å². The summed E-state index contributed by atoms with van der Waals surface area (Å²) in [6.07, 6.45) is 7.99. The number of quaternary nitrogens is 1. The molecule has 6 heteroatoms. The molecule has 1 aliphatic rings. The van der Waals surface area contributed by atoms with Gasteiger partial charge in [0.05, 0.1) is 19.0 Å². The van der Waals surface area contributed by atoms with Crippen LogP contribution < -0.4 is 22.6 Å². The van der Waals surface area contributed by atoms with Crippen molar-refractivity contribution in [2.75, 3.05) is 13.1 Å². The average molecular weight is 256 g/mol. The Hall–Kier alpha value is -1.59. The van der Waals surface area contributed by atoms with E-state index in [2.05, 4.69) is 10.3 Å². The van der Waals surface area contributed by atoms with E-state index in [0.717, 1.165) is 13.0 Å². The second-order valence-electron chi connectivity index (χ2n) is 3.51. The van der Waals surface area contributed by atoms with Crippen molar-refractivity contribution in [3.63, 3.8) is 0 Å². The van der Waals surface area contributed by atoms with E-state index in [9.17, 15) is 4.79 Å². The lowest BCUT2D eigenvalue weighted by molar-refractivity contribution is -0.736. The molecule has 2 rings (SSSR count). The number of carbonyl (C=O) groups is 1. The molecule has 0 saturated heterocycles. The minimum Gasteiger partial charge on any atom is -1.00 e. The van der Waals surface area contributed by atoms with Crippen LogP contribution in [0.2, 0.25) is 0 Å². The van der Waals surface area contributed by atoms with Crippen molar-refractivity contribution in [3.8, 4) is 0 Å².